The van der Waals surface area contributed by atoms with Gasteiger partial charge in [-0.25, -0.2) is 0 Å². The van der Waals surface area contributed by atoms with Gasteiger partial charge in [-0.15, -0.1) is 0 Å². The highest BCUT2D eigenvalue weighted by atomic mass is 16.1. The second-order valence-electron chi connectivity index (χ2n) is 5.53. The van der Waals surface area contributed by atoms with Crippen LogP contribution in [-0.4, -0.2) is 19.0 Å². The van der Waals surface area contributed by atoms with E-state index in [0.29, 0.717) is 11.6 Å². The SMILES string of the molecule is CNC(=O)c1ccc(CNC(C)CCC(C)C)cc1. The molecule has 1 aromatic carbocycles. The fourth-order valence-electron chi connectivity index (χ4n) is 1.90. The van der Waals surface area contributed by atoms with Gasteiger partial charge in [0.15, 0.2) is 0 Å². The van der Waals surface area contributed by atoms with E-state index in [1.165, 1.54) is 18.4 Å². The summed E-state index contributed by atoms with van der Waals surface area (Å²) in [4.78, 5) is 11.4. The Bertz CT molecular complexity index is 384. The zero-order valence-electron chi connectivity index (χ0n) is 12.5. The third-order valence-electron chi connectivity index (χ3n) is 3.27. The highest BCUT2D eigenvalue weighted by Crippen LogP contribution is 2.08. The number of hydrogen-bond acceptors (Lipinski definition) is 2. The molecule has 1 unspecified atom stereocenters. The molecule has 0 aliphatic rings. The summed E-state index contributed by atoms with van der Waals surface area (Å²) in [7, 11) is 1.65. The molecule has 2 N–H and O–H groups in total. The van der Waals surface area contributed by atoms with Gasteiger partial charge in [0.25, 0.3) is 5.91 Å². The van der Waals surface area contributed by atoms with E-state index in [1.807, 2.05) is 24.3 Å². The summed E-state index contributed by atoms with van der Waals surface area (Å²) >= 11 is 0. The van der Waals surface area contributed by atoms with Gasteiger partial charge in [0, 0.05) is 25.2 Å². The Morgan fingerprint density at radius 2 is 1.74 bits per heavy atom. The summed E-state index contributed by atoms with van der Waals surface area (Å²) in [5, 5.41) is 6.14. The predicted octanol–water partition coefficient (Wildman–Crippen LogP) is 2.96. The van der Waals surface area contributed by atoms with Gasteiger partial charge < -0.3 is 10.6 Å². The molecule has 0 fully saturated rings. The van der Waals surface area contributed by atoms with E-state index >= 15 is 0 Å². The maximum absolute atomic E-state index is 11.4. The number of hydrogen-bond donors (Lipinski definition) is 2. The van der Waals surface area contributed by atoms with E-state index in [4.69, 9.17) is 0 Å². The van der Waals surface area contributed by atoms with Crippen molar-refractivity contribution in [2.45, 2.75) is 46.2 Å². The topological polar surface area (TPSA) is 41.1 Å². The first-order chi connectivity index (χ1) is 9.02. The minimum absolute atomic E-state index is 0.0372. The molecule has 19 heavy (non-hydrogen) atoms. The normalized spacial score (nSPS) is 12.5. The van der Waals surface area contributed by atoms with Gasteiger partial charge in [0.05, 0.1) is 0 Å². The van der Waals surface area contributed by atoms with Crippen LogP contribution >= 0.6 is 0 Å². The minimum Gasteiger partial charge on any atom is -0.355 e. The first-order valence-corrected chi connectivity index (χ1v) is 7.07. The number of carbonyl (C=O) groups is 1. The average molecular weight is 262 g/mol. The van der Waals surface area contributed by atoms with Gasteiger partial charge >= 0.3 is 0 Å². The van der Waals surface area contributed by atoms with Gasteiger partial charge in [0.1, 0.15) is 0 Å². The van der Waals surface area contributed by atoms with Crippen LogP contribution in [0.15, 0.2) is 24.3 Å². The molecule has 0 spiro atoms. The Morgan fingerprint density at radius 1 is 1.11 bits per heavy atom. The largest absolute Gasteiger partial charge is 0.355 e. The second-order valence-corrected chi connectivity index (χ2v) is 5.53. The van der Waals surface area contributed by atoms with Gasteiger partial charge in [0.2, 0.25) is 0 Å². The van der Waals surface area contributed by atoms with E-state index in [1.54, 1.807) is 7.05 Å². The number of amides is 1. The van der Waals surface area contributed by atoms with Crippen LogP contribution in [-0.2, 0) is 6.54 Å². The van der Waals surface area contributed by atoms with Crippen molar-refractivity contribution in [1.82, 2.24) is 10.6 Å². The molecule has 1 rings (SSSR count). The lowest BCUT2D eigenvalue weighted by Gasteiger charge is -2.15. The number of rotatable bonds is 7. The van der Waals surface area contributed by atoms with E-state index in [0.717, 1.165) is 12.5 Å². The Morgan fingerprint density at radius 3 is 2.26 bits per heavy atom. The molecule has 3 nitrogen and oxygen atoms in total. The fraction of sp³-hybridized carbons (Fsp3) is 0.562. The van der Waals surface area contributed by atoms with Crippen LogP contribution < -0.4 is 10.6 Å². The number of benzene rings is 1. The second kappa shape index (κ2) is 7.95. The lowest BCUT2D eigenvalue weighted by molar-refractivity contribution is 0.0963. The van der Waals surface area contributed by atoms with Crippen LogP contribution in [0.5, 0.6) is 0 Å². The molecule has 1 atom stereocenters. The Labute approximate surface area is 116 Å². The first kappa shape index (κ1) is 15.7. The maximum atomic E-state index is 11.4. The average Bonchev–Trinajstić information content (AvgIpc) is 2.42. The summed E-state index contributed by atoms with van der Waals surface area (Å²) in [6.07, 6.45) is 2.46. The van der Waals surface area contributed by atoms with Crippen LogP contribution in [0.4, 0.5) is 0 Å². The lowest BCUT2D eigenvalue weighted by Crippen LogP contribution is -2.25. The molecule has 0 heterocycles. The molecular formula is C16H26N2O. The Balaban J connectivity index is 2.39. The molecular weight excluding hydrogens is 236 g/mol. The standard InChI is InChI=1S/C16H26N2O/c1-12(2)5-6-13(3)18-11-14-7-9-15(10-8-14)16(19)17-4/h7-10,12-13,18H,5-6,11H2,1-4H3,(H,17,19). The Hall–Kier alpha value is -1.35. The quantitative estimate of drug-likeness (QED) is 0.793. The first-order valence-electron chi connectivity index (χ1n) is 7.07. The van der Waals surface area contributed by atoms with E-state index in [2.05, 4.69) is 31.4 Å². The van der Waals surface area contributed by atoms with Crippen molar-refractivity contribution in [3.8, 4) is 0 Å². The molecule has 0 radical (unpaired) electrons. The molecule has 1 amide bonds. The summed E-state index contributed by atoms with van der Waals surface area (Å²) in [6, 6.07) is 8.28. The number of carbonyl (C=O) groups excluding carboxylic acids is 1. The van der Waals surface area contributed by atoms with Crippen molar-refractivity contribution >= 4 is 5.91 Å². The molecule has 0 aliphatic heterocycles. The summed E-state index contributed by atoms with van der Waals surface area (Å²) < 4.78 is 0. The fourth-order valence-corrected chi connectivity index (χ4v) is 1.90. The van der Waals surface area contributed by atoms with Crippen LogP contribution in [0, 0.1) is 5.92 Å². The maximum Gasteiger partial charge on any atom is 0.251 e. The zero-order valence-corrected chi connectivity index (χ0v) is 12.5. The molecule has 0 saturated heterocycles. The molecule has 0 bridgehead atoms. The molecule has 0 aromatic heterocycles. The smallest absolute Gasteiger partial charge is 0.251 e. The van der Waals surface area contributed by atoms with Gasteiger partial charge in [-0.2, -0.15) is 0 Å². The van der Waals surface area contributed by atoms with Gasteiger partial charge in [-0.3, -0.25) is 4.79 Å². The van der Waals surface area contributed by atoms with E-state index in [-0.39, 0.29) is 5.91 Å². The number of nitrogens with one attached hydrogen (secondary N) is 2. The van der Waals surface area contributed by atoms with Crippen molar-refractivity contribution in [3.63, 3.8) is 0 Å². The van der Waals surface area contributed by atoms with Crippen LogP contribution in [0.25, 0.3) is 0 Å². The lowest BCUT2D eigenvalue weighted by atomic mass is 10.0. The van der Waals surface area contributed by atoms with Crippen LogP contribution in [0.1, 0.15) is 49.5 Å². The van der Waals surface area contributed by atoms with Gasteiger partial charge in [-0.05, 0) is 43.4 Å². The van der Waals surface area contributed by atoms with Crippen LogP contribution in [0.2, 0.25) is 0 Å². The Kier molecular flexibility index (Phi) is 6.57. The predicted molar refractivity (Wildman–Crippen MR) is 80.2 cm³/mol. The van der Waals surface area contributed by atoms with Gasteiger partial charge in [-0.1, -0.05) is 26.0 Å². The summed E-state index contributed by atoms with van der Waals surface area (Å²) in [5.74, 6) is 0.723. The van der Waals surface area contributed by atoms with Crippen molar-refractivity contribution < 1.29 is 4.79 Å². The van der Waals surface area contributed by atoms with Crippen molar-refractivity contribution in [2.24, 2.45) is 5.92 Å². The molecule has 0 saturated carbocycles. The summed E-state index contributed by atoms with van der Waals surface area (Å²) in [6.45, 7) is 7.59. The highest BCUT2D eigenvalue weighted by Gasteiger charge is 2.05. The molecule has 1 aromatic rings. The minimum atomic E-state index is -0.0372. The van der Waals surface area contributed by atoms with Crippen molar-refractivity contribution in [3.05, 3.63) is 35.4 Å². The van der Waals surface area contributed by atoms with E-state index < -0.39 is 0 Å². The third-order valence-corrected chi connectivity index (χ3v) is 3.27. The van der Waals surface area contributed by atoms with Crippen LogP contribution in [0.3, 0.4) is 0 Å². The van der Waals surface area contributed by atoms with E-state index in [9.17, 15) is 4.79 Å². The molecule has 0 aliphatic carbocycles. The third kappa shape index (κ3) is 5.88. The summed E-state index contributed by atoms with van der Waals surface area (Å²) in [5.41, 5.74) is 1.92. The zero-order chi connectivity index (χ0) is 14.3. The van der Waals surface area contributed by atoms with Crippen molar-refractivity contribution in [1.29, 1.82) is 0 Å². The highest BCUT2D eigenvalue weighted by molar-refractivity contribution is 5.93. The monoisotopic (exact) mass is 262 g/mol. The molecule has 3 heteroatoms. The van der Waals surface area contributed by atoms with Crippen molar-refractivity contribution in [2.75, 3.05) is 7.05 Å². The molecule has 106 valence electrons.